The molecule has 0 unspecified atom stereocenters. The minimum absolute atomic E-state index is 0.185. The summed E-state index contributed by atoms with van der Waals surface area (Å²) in [5.41, 5.74) is 2.15. The number of nitrogens with zero attached hydrogens (tertiary/aromatic N) is 4. The first kappa shape index (κ1) is 14.5. The molecule has 1 aliphatic heterocycles. The van der Waals surface area contributed by atoms with Crippen molar-refractivity contribution in [3.63, 3.8) is 0 Å². The minimum atomic E-state index is -0.307. The van der Waals surface area contributed by atoms with Gasteiger partial charge in [0.05, 0.1) is 4.92 Å². The van der Waals surface area contributed by atoms with E-state index in [9.17, 15) is 10.1 Å². The molecule has 1 aliphatic rings. The maximum absolute atomic E-state index is 11.1. The van der Waals surface area contributed by atoms with E-state index in [1.165, 1.54) is 5.56 Å². The van der Waals surface area contributed by atoms with Crippen molar-refractivity contribution in [1.29, 1.82) is 0 Å². The van der Waals surface area contributed by atoms with Crippen molar-refractivity contribution in [2.45, 2.75) is 6.54 Å². The molecule has 1 saturated heterocycles. The Morgan fingerprint density at radius 1 is 1.05 bits per heavy atom. The number of pyridine rings is 1. The van der Waals surface area contributed by atoms with E-state index < -0.39 is 0 Å². The van der Waals surface area contributed by atoms with Crippen molar-refractivity contribution in [2.75, 3.05) is 31.1 Å². The van der Waals surface area contributed by atoms with E-state index in [1.807, 2.05) is 24.3 Å². The highest BCUT2D eigenvalue weighted by Gasteiger charge is 2.23. The quantitative estimate of drug-likeness (QED) is 0.640. The molecule has 0 aliphatic carbocycles. The third-order valence-electron chi connectivity index (χ3n) is 3.95. The van der Waals surface area contributed by atoms with Crippen LogP contribution in [0.1, 0.15) is 5.56 Å². The third kappa shape index (κ3) is 3.23. The molecule has 0 radical (unpaired) electrons. The van der Waals surface area contributed by atoms with Crippen molar-refractivity contribution < 1.29 is 4.92 Å². The molecular formula is C16H18N4O2. The summed E-state index contributed by atoms with van der Waals surface area (Å²) in [6.07, 6.45) is 3.61. The number of anilines is 1. The molecule has 22 heavy (non-hydrogen) atoms. The van der Waals surface area contributed by atoms with E-state index in [1.54, 1.807) is 24.5 Å². The zero-order valence-corrected chi connectivity index (χ0v) is 12.3. The molecule has 0 atom stereocenters. The molecule has 0 bridgehead atoms. The Morgan fingerprint density at radius 2 is 1.73 bits per heavy atom. The zero-order valence-electron chi connectivity index (χ0n) is 12.3. The second kappa shape index (κ2) is 6.53. The lowest BCUT2D eigenvalue weighted by Gasteiger charge is -2.35. The highest BCUT2D eigenvalue weighted by molar-refractivity contribution is 5.63. The van der Waals surface area contributed by atoms with Crippen molar-refractivity contribution in [2.24, 2.45) is 0 Å². The average molecular weight is 298 g/mol. The maximum atomic E-state index is 11.1. The van der Waals surface area contributed by atoms with Gasteiger partial charge in [0.15, 0.2) is 0 Å². The fraction of sp³-hybridized carbons (Fsp3) is 0.312. The summed E-state index contributed by atoms with van der Waals surface area (Å²) in [4.78, 5) is 19.3. The maximum Gasteiger partial charge on any atom is 0.292 e. The smallest absolute Gasteiger partial charge is 0.292 e. The largest absolute Gasteiger partial charge is 0.363 e. The van der Waals surface area contributed by atoms with Crippen LogP contribution in [0.3, 0.4) is 0 Å². The lowest BCUT2D eigenvalue weighted by molar-refractivity contribution is -0.384. The lowest BCUT2D eigenvalue weighted by Crippen LogP contribution is -2.46. The molecule has 1 aromatic heterocycles. The Kier molecular flexibility index (Phi) is 4.29. The van der Waals surface area contributed by atoms with Crippen LogP contribution in [0.4, 0.5) is 11.4 Å². The van der Waals surface area contributed by atoms with E-state index in [4.69, 9.17) is 0 Å². The van der Waals surface area contributed by atoms with Gasteiger partial charge in [-0.25, -0.2) is 0 Å². The molecular weight excluding hydrogens is 280 g/mol. The van der Waals surface area contributed by atoms with E-state index in [0.29, 0.717) is 0 Å². The number of hydrogen-bond donors (Lipinski definition) is 0. The standard InChI is InChI=1S/C16H18N4O2/c21-20(22)16-4-2-1-3-15(16)19-11-9-18(10-12-19)13-14-5-7-17-8-6-14/h1-8H,9-13H2. The number of aromatic nitrogens is 1. The molecule has 0 N–H and O–H groups in total. The van der Waals surface area contributed by atoms with Crippen LogP contribution in [0, 0.1) is 10.1 Å². The van der Waals surface area contributed by atoms with Gasteiger partial charge in [-0.05, 0) is 23.8 Å². The predicted octanol–water partition coefficient (Wildman–Crippen LogP) is 2.31. The summed E-state index contributed by atoms with van der Waals surface area (Å²) in [6.45, 7) is 4.29. The highest BCUT2D eigenvalue weighted by atomic mass is 16.6. The molecule has 2 heterocycles. The van der Waals surface area contributed by atoms with Gasteiger partial charge >= 0.3 is 0 Å². The van der Waals surface area contributed by atoms with Crippen LogP contribution >= 0.6 is 0 Å². The molecule has 0 amide bonds. The molecule has 3 rings (SSSR count). The van der Waals surface area contributed by atoms with Crippen molar-refractivity contribution in [3.05, 3.63) is 64.5 Å². The van der Waals surface area contributed by atoms with Gasteiger partial charge in [0.25, 0.3) is 5.69 Å². The van der Waals surface area contributed by atoms with Gasteiger partial charge in [0, 0.05) is 51.2 Å². The highest BCUT2D eigenvalue weighted by Crippen LogP contribution is 2.28. The first-order valence-electron chi connectivity index (χ1n) is 7.33. The Hall–Kier alpha value is -2.47. The molecule has 1 fully saturated rings. The van der Waals surface area contributed by atoms with Crippen molar-refractivity contribution >= 4 is 11.4 Å². The summed E-state index contributed by atoms with van der Waals surface area (Å²) >= 11 is 0. The van der Waals surface area contributed by atoms with Crippen LogP contribution < -0.4 is 4.90 Å². The summed E-state index contributed by atoms with van der Waals surface area (Å²) in [7, 11) is 0. The number of benzene rings is 1. The van der Waals surface area contributed by atoms with Crippen LogP contribution in [-0.4, -0.2) is 41.0 Å². The first-order chi connectivity index (χ1) is 10.7. The van der Waals surface area contributed by atoms with E-state index in [-0.39, 0.29) is 10.6 Å². The van der Waals surface area contributed by atoms with Gasteiger partial charge < -0.3 is 4.90 Å². The zero-order chi connectivity index (χ0) is 15.4. The van der Waals surface area contributed by atoms with Crippen LogP contribution in [0.5, 0.6) is 0 Å². The Morgan fingerprint density at radius 3 is 2.41 bits per heavy atom. The normalized spacial score (nSPS) is 15.7. The van der Waals surface area contributed by atoms with Crippen LogP contribution in [0.25, 0.3) is 0 Å². The predicted molar refractivity (Wildman–Crippen MR) is 84.8 cm³/mol. The number of para-hydroxylation sites is 2. The fourth-order valence-electron chi connectivity index (χ4n) is 2.78. The van der Waals surface area contributed by atoms with E-state index in [2.05, 4.69) is 14.8 Å². The monoisotopic (exact) mass is 298 g/mol. The number of rotatable bonds is 4. The lowest BCUT2D eigenvalue weighted by atomic mass is 10.2. The molecule has 0 spiro atoms. The SMILES string of the molecule is O=[N+]([O-])c1ccccc1N1CCN(Cc2ccncc2)CC1. The van der Waals surface area contributed by atoms with Crippen LogP contribution in [-0.2, 0) is 6.54 Å². The van der Waals surface area contributed by atoms with E-state index >= 15 is 0 Å². The molecule has 1 aromatic carbocycles. The van der Waals surface area contributed by atoms with Gasteiger partial charge in [-0.3, -0.25) is 20.0 Å². The first-order valence-corrected chi connectivity index (χ1v) is 7.33. The van der Waals surface area contributed by atoms with Crippen molar-refractivity contribution in [3.8, 4) is 0 Å². The van der Waals surface area contributed by atoms with Crippen LogP contribution in [0.15, 0.2) is 48.8 Å². The number of nitro groups is 1. The number of piperazine rings is 1. The van der Waals surface area contributed by atoms with Gasteiger partial charge in [0.1, 0.15) is 5.69 Å². The second-order valence-corrected chi connectivity index (χ2v) is 5.36. The second-order valence-electron chi connectivity index (χ2n) is 5.36. The van der Waals surface area contributed by atoms with E-state index in [0.717, 1.165) is 38.4 Å². The van der Waals surface area contributed by atoms with Gasteiger partial charge in [-0.15, -0.1) is 0 Å². The Bertz CT molecular complexity index is 640. The fourth-order valence-corrected chi connectivity index (χ4v) is 2.78. The minimum Gasteiger partial charge on any atom is -0.363 e. The average Bonchev–Trinajstić information content (AvgIpc) is 2.56. The molecule has 114 valence electrons. The Labute approximate surface area is 129 Å². The topological polar surface area (TPSA) is 62.5 Å². The summed E-state index contributed by atoms with van der Waals surface area (Å²) in [5, 5.41) is 11.1. The Balaban J connectivity index is 1.64. The molecule has 6 nitrogen and oxygen atoms in total. The summed E-state index contributed by atoms with van der Waals surface area (Å²) < 4.78 is 0. The molecule has 2 aromatic rings. The van der Waals surface area contributed by atoms with Crippen molar-refractivity contribution in [1.82, 2.24) is 9.88 Å². The molecule has 6 heteroatoms. The summed E-state index contributed by atoms with van der Waals surface area (Å²) in [6, 6.07) is 11.0. The van der Waals surface area contributed by atoms with Gasteiger partial charge in [-0.1, -0.05) is 12.1 Å². The number of hydrogen-bond acceptors (Lipinski definition) is 5. The third-order valence-corrected chi connectivity index (χ3v) is 3.95. The van der Waals surface area contributed by atoms with Gasteiger partial charge in [-0.2, -0.15) is 0 Å². The number of nitro benzene ring substituents is 1. The van der Waals surface area contributed by atoms with Gasteiger partial charge in [0.2, 0.25) is 0 Å². The van der Waals surface area contributed by atoms with Crippen LogP contribution in [0.2, 0.25) is 0 Å². The summed E-state index contributed by atoms with van der Waals surface area (Å²) in [5.74, 6) is 0. The molecule has 0 saturated carbocycles.